The number of hydrogen-bond donors (Lipinski definition) is 3. The van der Waals surface area contributed by atoms with Crippen molar-refractivity contribution in [2.75, 3.05) is 10.6 Å². The van der Waals surface area contributed by atoms with Crippen molar-refractivity contribution in [2.45, 2.75) is 10.1 Å². The summed E-state index contributed by atoms with van der Waals surface area (Å²) in [5.74, 6) is -1.54. The number of anilines is 2. The summed E-state index contributed by atoms with van der Waals surface area (Å²) < 4.78 is 0. The summed E-state index contributed by atoms with van der Waals surface area (Å²) in [4.78, 5) is 56.7. The van der Waals surface area contributed by atoms with Gasteiger partial charge in [0.25, 0.3) is 17.5 Å². The lowest BCUT2D eigenvalue weighted by atomic mass is 10.1. The van der Waals surface area contributed by atoms with Crippen LogP contribution in [0.15, 0.2) is 143 Å². The fourth-order valence-corrected chi connectivity index (χ4v) is 7.06. The number of benzene rings is 5. The molecule has 6 rings (SSSR count). The van der Waals surface area contributed by atoms with Crippen LogP contribution in [-0.4, -0.2) is 27.6 Å². The molecule has 264 valence electrons. The van der Waals surface area contributed by atoms with E-state index in [1.54, 1.807) is 78.9 Å². The predicted octanol–water partition coefficient (Wildman–Crippen LogP) is 9.91. The number of nitro groups is 1. The summed E-state index contributed by atoms with van der Waals surface area (Å²) in [7, 11) is 0. The standard InChI is InChI=1S/C39H27Cl2N5O5S2/c40-30-20-15-26(21-31(30)41)33-23-52-39(44-33)45-38(49)35(24-9-3-1-4-10-24)53-29-18-16-28(17-19-29)42-37(48)32(43-36(47)25-11-5-2-6-12-25)22-27-13-7-8-14-34(27)46(50)51/h1-23,35H,(H,42,48)(H,43,47)(H,44,45,49)/b32-22-. The number of halogens is 2. The predicted molar refractivity (Wildman–Crippen MR) is 211 cm³/mol. The second-order valence-corrected chi connectivity index (χ2v) is 14.1. The monoisotopic (exact) mass is 779 g/mol. The third-order valence-corrected chi connectivity index (χ3v) is 10.4. The Morgan fingerprint density at radius 3 is 2.19 bits per heavy atom. The third kappa shape index (κ3) is 9.56. The Morgan fingerprint density at radius 1 is 0.811 bits per heavy atom. The van der Waals surface area contributed by atoms with Crippen molar-refractivity contribution in [2.24, 2.45) is 0 Å². The zero-order valence-electron chi connectivity index (χ0n) is 27.4. The SMILES string of the molecule is O=C(Nc1ccc(SC(C(=O)Nc2nc(-c3ccc(Cl)c(Cl)c3)cs2)c2ccccc2)cc1)/C(=C/c1ccccc1[N+](=O)[O-])NC(=O)c1ccccc1. The Balaban J connectivity index is 1.19. The zero-order valence-corrected chi connectivity index (χ0v) is 30.5. The largest absolute Gasteiger partial charge is 0.321 e. The van der Waals surface area contributed by atoms with Crippen molar-refractivity contribution in [1.82, 2.24) is 10.3 Å². The molecule has 0 aliphatic carbocycles. The molecular formula is C39H27Cl2N5O5S2. The molecule has 1 unspecified atom stereocenters. The number of nitrogens with zero attached hydrogens (tertiary/aromatic N) is 2. The average molecular weight is 781 g/mol. The van der Waals surface area contributed by atoms with E-state index in [9.17, 15) is 24.5 Å². The molecule has 1 atom stereocenters. The molecule has 0 aliphatic heterocycles. The number of thiazole rings is 1. The van der Waals surface area contributed by atoms with Gasteiger partial charge in [0.15, 0.2) is 5.13 Å². The fraction of sp³-hybridized carbons (Fsp3) is 0.0256. The summed E-state index contributed by atoms with van der Waals surface area (Å²) in [6, 6.07) is 35.5. The van der Waals surface area contributed by atoms with Crippen molar-refractivity contribution in [3.05, 3.63) is 175 Å². The second kappa shape index (κ2) is 17.2. The molecule has 0 saturated heterocycles. The van der Waals surface area contributed by atoms with Gasteiger partial charge in [-0.15, -0.1) is 23.1 Å². The Bertz CT molecular complexity index is 2320. The first-order valence-corrected chi connectivity index (χ1v) is 18.3. The summed E-state index contributed by atoms with van der Waals surface area (Å²) >= 11 is 14.8. The summed E-state index contributed by atoms with van der Waals surface area (Å²) in [6.07, 6.45) is 1.26. The van der Waals surface area contributed by atoms with E-state index in [0.29, 0.717) is 32.1 Å². The number of carbonyl (C=O) groups is 3. The normalized spacial score (nSPS) is 11.7. The first kappa shape index (κ1) is 37.0. The Morgan fingerprint density at radius 2 is 1.49 bits per heavy atom. The van der Waals surface area contributed by atoms with Gasteiger partial charge in [0, 0.05) is 33.2 Å². The number of amides is 3. The van der Waals surface area contributed by atoms with Gasteiger partial charge in [-0.2, -0.15) is 0 Å². The number of thioether (sulfide) groups is 1. The highest BCUT2D eigenvalue weighted by Gasteiger charge is 2.24. The van der Waals surface area contributed by atoms with Crippen LogP contribution in [0.3, 0.4) is 0 Å². The highest BCUT2D eigenvalue weighted by atomic mass is 35.5. The lowest BCUT2D eigenvalue weighted by Crippen LogP contribution is -2.30. The summed E-state index contributed by atoms with van der Waals surface area (Å²) in [5.41, 5.74) is 2.58. The van der Waals surface area contributed by atoms with Crippen LogP contribution >= 0.6 is 46.3 Å². The third-order valence-electron chi connectivity index (χ3n) is 7.62. The molecule has 0 aliphatic rings. The maximum atomic E-state index is 13.7. The molecule has 3 amide bonds. The van der Waals surface area contributed by atoms with Crippen molar-refractivity contribution >= 4 is 86.6 Å². The smallest absolute Gasteiger partial charge is 0.276 e. The van der Waals surface area contributed by atoms with Gasteiger partial charge in [0.05, 0.1) is 26.2 Å². The van der Waals surface area contributed by atoms with E-state index < -0.39 is 22.0 Å². The number of rotatable bonds is 12. The Labute approximate surface area is 322 Å². The van der Waals surface area contributed by atoms with Gasteiger partial charge >= 0.3 is 0 Å². The number of nitrogens with one attached hydrogen (secondary N) is 3. The molecule has 0 bridgehead atoms. The van der Waals surface area contributed by atoms with Gasteiger partial charge in [-0.3, -0.25) is 24.5 Å². The quantitative estimate of drug-likeness (QED) is 0.0486. The molecule has 14 heteroatoms. The van der Waals surface area contributed by atoms with Crippen molar-refractivity contribution in [1.29, 1.82) is 0 Å². The van der Waals surface area contributed by atoms with Crippen LogP contribution in [-0.2, 0) is 9.59 Å². The van der Waals surface area contributed by atoms with E-state index in [0.717, 1.165) is 16.0 Å². The fourth-order valence-electron chi connectivity index (χ4n) is 5.02. The van der Waals surface area contributed by atoms with E-state index in [4.69, 9.17) is 23.2 Å². The molecule has 5 aromatic carbocycles. The van der Waals surface area contributed by atoms with E-state index in [2.05, 4.69) is 20.9 Å². The van der Waals surface area contributed by atoms with Gasteiger partial charge in [-0.1, -0.05) is 89.9 Å². The highest BCUT2D eigenvalue weighted by molar-refractivity contribution is 8.00. The van der Waals surface area contributed by atoms with Crippen molar-refractivity contribution in [3.63, 3.8) is 0 Å². The molecule has 0 saturated carbocycles. The van der Waals surface area contributed by atoms with Gasteiger partial charge < -0.3 is 16.0 Å². The molecule has 10 nitrogen and oxygen atoms in total. The van der Waals surface area contributed by atoms with Gasteiger partial charge in [-0.25, -0.2) is 4.98 Å². The Kier molecular flexibility index (Phi) is 12.0. The molecule has 0 fully saturated rings. The van der Waals surface area contributed by atoms with Crippen LogP contribution in [0.2, 0.25) is 10.0 Å². The van der Waals surface area contributed by atoms with Crippen molar-refractivity contribution in [3.8, 4) is 11.3 Å². The van der Waals surface area contributed by atoms with Gasteiger partial charge in [0.2, 0.25) is 5.91 Å². The molecule has 1 heterocycles. The molecule has 6 aromatic rings. The van der Waals surface area contributed by atoms with E-state index in [1.165, 1.54) is 47.4 Å². The van der Waals surface area contributed by atoms with Crippen LogP contribution in [0.5, 0.6) is 0 Å². The van der Waals surface area contributed by atoms with Crippen LogP contribution < -0.4 is 16.0 Å². The maximum Gasteiger partial charge on any atom is 0.276 e. The second-order valence-electron chi connectivity index (χ2n) is 11.2. The van der Waals surface area contributed by atoms with Crippen LogP contribution in [0.1, 0.15) is 26.7 Å². The zero-order chi connectivity index (χ0) is 37.3. The number of aromatic nitrogens is 1. The van der Waals surface area contributed by atoms with Crippen molar-refractivity contribution < 1.29 is 19.3 Å². The minimum Gasteiger partial charge on any atom is -0.321 e. The van der Waals surface area contributed by atoms with Crippen LogP contribution in [0.25, 0.3) is 17.3 Å². The topological polar surface area (TPSA) is 143 Å². The lowest BCUT2D eigenvalue weighted by molar-refractivity contribution is -0.385. The molecule has 0 spiro atoms. The average Bonchev–Trinajstić information content (AvgIpc) is 3.64. The Hall–Kier alpha value is -5.79. The van der Waals surface area contributed by atoms with E-state index in [-0.39, 0.29) is 22.9 Å². The first-order chi connectivity index (χ1) is 25.6. The minimum absolute atomic E-state index is 0.135. The number of hydrogen-bond acceptors (Lipinski definition) is 8. The number of nitro benzene ring substituents is 1. The van der Waals surface area contributed by atoms with Gasteiger partial charge in [-0.05, 0) is 66.2 Å². The summed E-state index contributed by atoms with van der Waals surface area (Å²) in [5, 5.41) is 22.4. The molecule has 3 N–H and O–H groups in total. The molecule has 0 radical (unpaired) electrons. The maximum absolute atomic E-state index is 13.7. The molecular weight excluding hydrogens is 753 g/mol. The lowest BCUT2D eigenvalue weighted by Gasteiger charge is -2.17. The highest BCUT2D eigenvalue weighted by Crippen LogP contribution is 2.38. The molecule has 1 aromatic heterocycles. The number of carbonyl (C=O) groups excluding carboxylic acids is 3. The molecule has 53 heavy (non-hydrogen) atoms. The first-order valence-electron chi connectivity index (χ1n) is 15.8. The minimum atomic E-state index is -0.696. The van der Waals surface area contributed by atoms with E-state index >= 15 is 0 Å². The van der Waals surface area contributed by atoms with Crippen LogP contribution in [0.4, 0.5) is 16.5 Å². The summed E-state index contributed by atoms with van der Waals surface area (Å²) in [6.45, 7) is 0. The van der Waals surface area contributed by atoms with E-state index in [1.807, 2.05) is 35.7 Å². The number of para-hydroxylation sites is 1. The van der Waals surface area contributed by atoms with Gasteiger partial charge in [0.1, 0.15) is 10.9 Å². The van der Waals surface area contributed by atoms with Crippen LogP contribution in [0, 0.1) is 10.1 Å².